The molecule has 0 fully saturated rings. The smallest absolute Gasteiger partial charge is 0.124 e. The molecule has 0 spiro atoms. The van der Waals surface area contributed by atoms with Crippen LogP contribution in [0.25, 0.3) is 0 Å². The van der Waals surface area contributed by atoms with Crippen molar-refractivity contribution in [2.75, 3.05) is 0 Å². The highest BCUT2D eigenvalue weighted by Gasteiger charge is 2.31. The van der Waals surface area contributed by atoms with Gasteiger partial charge in [0.2, 0.25) is 0 Å². The molecule has 0 saturated heterocycles. The number of nitrogens with zero attached hydrogens (tertiary/aromatic N) is 1. The lowest BCUT2D eigenvalue weighted by Crippen LogP contribution is -2.24. The largest absolute Gasteiger partial charge is 0.287 e. The Labute approximate surface area is 104 Å². The van der Waals surface area contributed by atoms with Crippen molar-refractivity contribution in [2.24, 2.45) is 0 Å². The summed E-state index contributed by atoms with van der Waals surface area (Å²) < 4.78 is 1.57. The Morgan fingerprint density at radius 3 is 3.00 bits per heavy atom. The minimum absolute atomic E-state index is 0.560. The minimum atomic E-state index is -0.560. The summed E-state index contributed by atoms with van der Waals surface area (Å²) in [6, 6.07) is 2.16. The van der Waals surface area contributed by atoms with E-state index in [9.17, 15) is 0 Å². The van der Waals surface area contributed by atoms with Crippen LogP contribution in [0.15, 0.2) is 12.3 Å². The number of alkyl halides is 2. The maximum atomic E-state index is 6.13. The number of fused-ring (bicyclic) bond motifs is 1. The Morgan fingerprint density at radius 2 is 2.31 bits per heavy atom. The van der Waals surface area contributed by atoms with Crippen molar-refractivity contribution >= 4 is 53.5 Å². The SMILES string of the molecule is ClC1(Cl)CCc2ccn(SI)c2C1. The molecule has 0 amide bonds. The van der Waals surface area contributed by atoms with Crippen molar-refractivity contribution in [3.8, 4) is 0 Å². The number of hydrogen-bond acceptors (Lipinski definition) is 1. The lowest BCUT2D eigenvalue weighted by atomic mass is 9.97. The molecule has 1 nitrogen and oxygen atoms in total. The van der Waals surface area contributed by atoms with E-state index in [4.69, 9.17) is 23.2 Å². The summed E-state index contributed by atoms with van der Waals surface area (Å²) in [4.78, 5) is 0. The van der Waals surface area contributed by atoms with E-state index in [1.54, 1.807) is 9.12 Å². The lowest BCUT2D eigenvalue weighted by Gasteiger charge is -2.25. The average Bonchev–Trinajstić information content (AvgIpc) is 2.44. The van der Waals surface area contributed by atoms with Gasteiger partial charge in [-0.3, -0.25) is 3.97 Å². The average molecular weight is 348 g/mol. The van der Waals surface area contributed by atoms with Crippen LogP contribution in [0.2, 0.25) is 0 Å². The fourth-order valence-electron chi connectivity index (χ4n) is 1.62. The first-order valence-electron chi connectivity index (χ1n) is 3.98. The third kappa shape index (κ3) is 2.13. The summed E-state index contributed by atoms with van der Waals surface area (Å²) in [5.41, 5.74) is 2.66. The maximum Gasteiger partial charge on any atom is 0.124 e. The van der Waals surface area contributed by atoms with Gasteiger partial charge in [-0.2, -0.15) is 0 Å². The van der Waals surface area contributed by atoms with E-state index >= 15 is 0 Å². The Kier molecular flexibility index (Phi) is 3.08. The molecule has 0 bridgehead atoms. The van der Waals surface area contributed by atoms with E-state index in [1.165, 1.54) is 11.3 Å². The molecule has 1 aliphatic carbocycles. The molecule has 2 rings (SSSR count). The standard InChI is InChI=1S/C8H8Cl2INS/c9-8(10)3-1-6-2-4-12(13-11)7(6)5-8/h2,4H,1,3,5H2. The predicted molar refractivity (Wildman–Crippen MR) is 67.9 cm³/mol. The van der Waals surface area contributed by atoms with Gasteiger partial charge in [0, 0.05) is 48.6 Å². The third-order valence-corrected chi connectivity index (χ3v) is 4.72. The number of rotatable bonds is 1. The molecule has 1 aromatic heterocycles. The third-order valence-electron chi connectivity index (χ3n) is 2.31. The molecule has 0 N–H and O–H groups in total. The minimum Gasteiger partial charge on any atom is -0.287 e. The molecule has 0 saturated carbocycles. The monoisotopic (exact) mass is 347 g/mol. The molecule has 0 aliphatic heterocycles. The molecule has 5 heteroatoms. The van der Waals surface area contributed by atoms with Crippen LogP contribution in [0, 0.1) is 0 Å². The molecule has 72 valence electrons. The molecular weight excluding hydrogens is 340 g/mol. The number of aromatic nitrogens is 1. The highest BCUT2D eigenvalue weighted by Crippen LogP contribution is 2.39. The van der Waals surface area contributed by atoms with Gasteiger partial charge in [0.1, 0.15) is 4.33 Å². The second kappa shape index (κ2) is 3.83. The lowest BCUT2D eigenvalue weighted by molar-refractivity contribution is 0.632. The summed E-state index contributed by atoms with van der Waals surface area (Å²) in [5, 5.41) is 0. The highest BCUT2D eigenvalue weighted by molar-refractivity contribution is 14.2. The fraction of sp³-hybridized carbons (Fsp3) is 0.500. The first-order valence-corrected chi connectivity index (χ1v) is 8.05. The van der Waals surface area contributed by atoms with E-state index in [-0.39, 0.29) is 0 Å². The Bertz CT molecular complexity index is 310. The Morgan fingerprint density at radius 1 is 1.54 bits per heavy atom. The Balaban J connectivity index is 2.36. The fourth-order valence-corrected chi connectivity index (χ4v) is 3.54. The molecule has 0 atom stereocenters. The van der Waals surface area contributed by atoms with Crippen LogP contribution in [-0.2, 0) is 12.8 Å². The van der Waals surface area contributed by atoms with Crippen molar-refractivity contribution in [1.29, 1.82) is 0 Å². The van der Waals surface area contributed by atoms with Crippen molar-refractivity contribution in [3.05, 3.63) is 23.5 Å². The van der Waals surface area contributed by atoms with Gasteiger partial charge in [-0.05, 0) is 24.5 Å². The van der Waals surface area contributed by atoms with Gasteiger partial charge in [0.05, 0.1) is 0 Å². The van der Waals surface area contributed by atoms with Crippen LogP contribution < -0.4 is 0 Å². The molecule has 13 heavy (non-hydrogen) atoms. The van der Waals surface area contributed by atoms with Crippen LogP contribution in [0.3, 0.4) is 0 Å². The van der Waals surface area contributed by atoms with E-state index in [2.05, 4.69) is 37.4 Å². The zero-order chi connectivity index (χ0) is 9.47. The maximum absolute atomic E-state index is 6.13. The van der Waals surface area contributed by atoms with Crippen molar-refractivity contribution in [3.63, 3.8) is 0 Å². The summed E-state index contributed by atoms with van der Waals surface area (Å²) >= 11 is 14.5. The first kappa shape index (κ1) is 10.5. The predicted octanol–water partition coefficient (Wildman–Crippen LogP) is 4.00. The van der Waals surface area contributed by atoms with Crippen molar-refractivity contribution < 1.29 is 0 Å². The molecule has 1 heterocycles. The van der Waals surface area contributed by atoms with Crippen molar-refractivity contribution in [2.45, 2.75) is 23.6 Å². The molecule has 1 aromatic rings. The van der Waals surface area contributed by atoms with Gasteiger partial charge in [-0.15, -0.1) is 23.2 Å². The zero-order valence-electron chi connectivity index (χ0n) is 6.77. The van der Waals surface area contributed by atoms with Crippen LogP contribution in [0.4, 0.5) is 0 Å². The second-order valence-electron chi connectivity index (χ2n) is 3.22. The van der Waals surface area contributed by atoms with E-state index in [0.717, 1.165) is 19.3 Å². The van der Waals surface area contributed by atoms with Crippen LogP contribution in [-0.4, -0.2) is 8.31 Å². The van der Waals surface area contributed by atoms with E-state index in [0.29, 0.717) is 0 Å². The first-order chi connectivity index (χ1) is 6.12. The molecule has 1 aliphatic rings. The van der Waals surface area contributed by atoms with Gasteiger partial charge >= 0.3 is 0 Å². The molecule has 0 unspecified atom stereocenters. The molecule has 0 aromatic carbocycles. The van der Waals surface area contributed by atoms with Gasteiger partial charge in [0.15, 0.2) is 0 Å². The van der Waals surface area contributed by atoms with Crippen LogP contribution in [0.5, 0.6) is 0 Å². The van der Waals surface area contributed by atoms with Crippen LogP contribution in [0.1, 0.15) is 17.7 Å². The second-order valence-corrected chi connectivity index (χ2v) is 6.57. The zero-order valence-corrected chi connectivity index (χ0v) is 11.3. The summed E-state index contributed by atoms with van der Waals surface area (Å²) in [6.45, 7) is 0. The summed E-state index contributed by atoms with van der Waals surface area (Å²) in [5.74, 6) is 0. The highest BCUT2D eigenvalue weighted by atomic mass is 127. The summed E-state index contributed by atoms with van der Waals surface area (Å²) in [6.07, 6.45) is 4.69. The van der Waals surface area contributed by atoms with E-state index < -0.39 is 4.33 Å². The van der Waals surface area contributed by atoms with Gasteiger partial charge < -0.3 is 0 Å². The summed E-state index contributed by atoms with van der Waals surface area (Å²) in [7, 11) is 1.66. The number of halogens is 3. The van der Waals surface area contributed by atoms with Gasteiger partial charge in [0.25, 0.3) is 0 Å². The number of hydrogen-bond donors (Lipinski definition) is 0. The topological polar surface area (TPSA) is 4.93 Å². The number of aryl methyl sites for hydroxylation is 1. The van der Waals surface area contributed by atoms with Gasteiger partial charge in [-0.25, -0.2) is 0 Å². The molecule has 0 radical (unpaired) electrons. The normalized spacial score (nSPS) is 19.9. The van der Waals surface area contributed by atoms with E-state index in [1.807, 2.05) is 0 Å². The van der Waals surface area contributed by atoms with Gasteiger partial charge in [-0.1, -0.05) is 0 Å². The van der Waals surface area contributed by atoms with Crippen molar-refractivity contribution in [1.82, 2.24) is 3.97 Å². The quantitative estimate of drug-likeness (QED) is 0.549. The molecular formula is C8H8Cl2INS. The Hall–Kier alpha value is 0.940. The van der Waals surface area contributed by atoms with Crippen LogP contribution >= 0.6 is 53.5 Å².